The van der Waals surface area contributed by atoms with E-state index in [2.05, 4.69) is 20.8 Å². The van der Waals surface area contributed by atoms with Gasteiger partial charge in [0, 0.05) is 16.1 Å². The number of aromatic hydroxyl groups is 1. The Balaban J connectivity index is 2.82. The zero-order valence-electron chi connectivity index (χ0n) is 10.1. The van der Waals surface area contributed by atoms with Crippen molar-refractivity contribution >= 4 is 11.8 Å². The monoisotopic (exact) mass is 222 g/mol. The molecule has 2 rings (SSSR count). The highest BCUT2D eigenvalue weighted by Gasteiger charge is 2.35. The number of fused-ring (bicyclic) bond motifs is 1. The van der Waals surface area contributed by atoms with Crippen molar-refractivity contribution in [1.29, 1.82) is 0 Å². The topological polar surface area (TPSA) is 20.2 Å². The molecule has 2 heteroatoms. The molecule has 0 spiro atoms. The highest BCUT2D eigenvalue weighted by atomic mass is 32.2. The summed E-state index contributed by atoms with van der Waals surface area (Å²) in [5, 5.41) is 10.1. The zero-order valence-corrected chi connectivity index (χ0v) is 10.9. The minimum atomic E-state index is 0.194. The van der Waals surface area contributed by atoms with Gasteiger partial charge in [0.05, 0.1) is 0 Å². The first kappa shape index (κ1) is 10.9. The lowest BCUT2D eigenvalue weighted by Crippen LogP contribution is -2.17. The second-order valence-corrected chi connectivity index (χ2v) is 6.09. The van der Waals surface area contributed by atoms with Crippen molar-refractivity contribution in [3.8, 4) is 5.75 Å². The zero-order chi connectivity index (χ0) is 11.4. The maximum atomic E-state index is 10.1. The first-order valence-electron chi connectivity index (χ1n) is 5.32. The molecular weight excluding hydrogens is 204 g/mol. The molecule has 1 nitrogen and oxygen atoms in total. The summed E-state index contributed by atoms with van der Waals surface area (Å²) in [4.78, 5) is 1.40. The molecule has 0 bridgehead atoms. The molecular formula is C13H18OS. The molecule has 1 aliphatic rings. The summed E-state index contributed by atoms with van der Waals surface area (Å²) in [6.45, 7) is 10.7. The Morgan fingerprint density at radius 2 is 1.67 bits per heavy atom. The smallest absolute Gasteiger partial charge is 0.122 e. The van der Waals surface area contributed by atoms with Gasteiger partial charge in [-0.25, -0.2) is 0 Å². The Morgan fingerprint density at radius 1 is 1.07 bits per heavy atom. The van der Waals surface area contributed by atoms with Crippen molar-refractivity contribution in [2.75, 3.05) is 5.75 Å². The number of hydrogen-bond donors (Lipinski definition) is 1. The maximum Gasteiger partial charge on any atom is 0.122 e. The summed E-state index contributed by atoms with van der Waals surface area (Å²) in [5.74, 6) is 1.61. The fraction of sp³-hybridized carbons (Fsp3) is 0.538. The Labute approximate surface area is 95.9 Å². The Morgan fingerprint density at radius 3 is 2.27 bits per heavy atom. The SMILES string of the molecule is Cc1c(C)c2c(c(C)c1O)C(C)(C)CS2. The average Bonchev–Trinajstić information content (AvgIpc) is 2.48. The van der Waals surface area contributed by atoms with Crippen LogP contribution in [0.15, 0.2) is 4.90 Å². The van der Waals surface area contributed by atoms with Gasteiger partial charge in [0.25, 0.3) is 0 Å². The van der Waals surface area contributed by atoms with Gasteiger partial charge in [0.15, 0.2) is 0 Å². The lowest BCUT2D eigenvalue weighted by atomic mass is 9.82. The minimum Gasteiger partial charge on any atom is -0.507 e. The first-order chi connectivity index (χ1) is 6.86. The quantitative estimate of drug-likeness (QED) is 0.722. The van der Waals surface area contributed by atoms with Crippen LogP contribution in [0.1, 0.15) is 36.1 Å². The number of benzene rings is 1. The highest BCUT2D eigenvalue weighted by Crippen LogP contribution is 2.50. The number of rotatable bonds is 0. The largest absolute Gasteiger partial charge is 0.507 e. The third-order valence-electron chi connectivity index (χ3n) is 3.47. The number of phenols is 1. The molecule has 0 atom stereocenters. The highest BCUT2D eigenvalue weighted by molar-refractivity contribution is 7.99. The molecule has 1 aliphatic heterocycles. The standard InChI is InChI=1S/C13H18OS/c1-7-8(2)12-10(9(3)11(7)14)13(4,5)6-15-12/h14H,6H2,1-5H3. The van der Waals surface area contributed by atoms with Crippen LogP contribution in [-0.2, 0) is 5.41 Å². The van der Waals surface area contributed by atoms with Gasteiger partial charge >= 0.3 is 0 Å². The normalized spacial score (nSPS) is 17.9. The van der Waals surface area contributed by atoms with Crippen LogP contribution >= 0.6 is 11.8 Å². The van der Waals surface area contributed by atoms with Gasteiger partial charge in [-0.2, -0.15) is 0 Å². The average molecular weight is 222 g/mol. The Bertz CT molecular complexity index is 433. The predicted molar refractivity (Wildman–Crippen MR) is 66.1 cm³/mol. The van der Waals surface area contributed by atoms with Crippen molar-refractivity contribution in [1.82, 2.24) is 0 Å². The van der Waals surface area contributed by atoms with Gasteiger partial charge in [-0.15, -0.1) is 11.8 Å². The van der Waals surface area contributed by atoms with Crippen molar-refractivity contribution in [2.24, 2.45) is 0 Å². The molecule has 0 aromatic heterocycles. The summed E-state index contributed by atoms with van der Waals surface area (Å²) in [6, 6.07) is 0. The molecule has 0 unspecified atom stereocenters. The minimum absolute atomic E-state index is 0.194. The summed E-state index contributed by atoms with van der Waals surface area (Å²) in [5.41, 5.74) is 4.91. The fourth-order valence-corrected chi connectivity index (χ4v) is 4.02. The van der Waals surface area contributed by atoms with Gasteiger partial charge < -0.3 is 5.11 Å². The van der Waals surface area contributed by atoms with Gasteiger partial charge in [0.2, 0.25) is 0 Å². The van der Waals surface area contributed by atoms with Crippen LogP contribution in [0.5, 0.6) is 5.75 Å². The molecule has 0 saturated heterocycles. The molecule has 1 aromatic rings. The maximum absolute atomic E-state index is 10.1. The number of phenolic OH excluding ortho intramolecular Hbond substituents is 1. The summed E-state index contributed by atoms with van der Waals surface area (Å²) >= 11 is 1.93. The van der Waals surface area contributed by atoms with Crippen LogP contribution < -0.4 is 0 Å². The van der Waals surface area contributed by atoms with E-state index in [1.165, 1.54) is 16.0 Å². The van der Waals surface area contributed by atoms with Gasteiger partial charge in [-0.1, -0.05) is 13.8 Å². The van der Waals surface area contributed by atoms with E-state index >= 15 is 0 Å². The van der Waals surface area contributed by atoms with E-state index in [0.717, 1.165) is 16.9 Å². The molecule has 0 fully saturated rings. The second kappa shape index (κ2) is 3.18. The molecule has 15 heavy (non-hydrogen) atoms. The molecule has 0 aliphatic carbocycles. The van der Waals surface area contributed by atoms with Crippen LogP contribution in [0.25, 0.3) is 0 Å². The van der Waals surface area contributed by atoms with E-state index in [0.29, 0.717) is 5.75 Å². The van der Waals surface area contributed by atoms with Crippen molar-refractivity contribution < 1.29 is 5.11 Å². The molecule has 0 radical (unpaired) electrons. The van der Waals surface area contributed by atoms with Crippen LogP contribution in [0.2, 0.25) is 0 Å². The Kier molecular flexibility index (Phi) is 2.30. The van der Waals surface area contributed by atoms with E-state index in [9.17, 15) is 5.11 Å². The predicted octanol–water partition coefficient (Wildman–Crippen LogP) is 3.70. The van der Waals surface area contributed by atoms with Crippen LogP contribution in [0, 0.1) is 20.8 Å². The van der Waals surface area contributed by atoms with E-state index in [4.69, 9.17) is 0 Å². The molecule has 0 amide bonds. The molecule has 1 N–H and O–H groups in total. The summed E-state index contributed by atoms with van der Waals surface area (Å²) in [7, 11) is 0. The van der Waals surface area contributed by atoms with E-state index < -0.39 is 0 Å². The third-order valence-corrected chi connectivity index (χ3v) is 5.13. The van der Waals surface area contributed by atoms with Crippen LogP contribution in [0.3, 0.4) is 0 Å². The lowest BCUT2D eigenvalue weighted by Gasteiger charge is -2.22. The molecule has 1 aromatic carbocycles. The number of hydrogen-bond acceptors (Lipinski definition) is 2. The molecule has 1 heterocycles. The van der Waals surface area contributed by atoms with Crippen molar-refractivity contribution in [3.63, 3.8) is 0 Å². The van der Waals surface area contributed by atoms with Crippen LogP contribution in [0.4, 0.5) is 0 Å². The van der Waals surface area contributed by atoms with Gasteiger partial charge in [0.1, 0.15) is 5.75 Å². The molecule has 0 saturated carbocycles. The summed E-state index contributed by atoms with van der Waals surface area (Å²) < 4.78 is 0. The molecule has 82 valence electrons. The van der Waals surface area contributed by atoms with E-state index in [1.807, 2.05) is 25.6 Å². The van der Waals surface area contributed by atoms with Gasteiger partial charge in [-0.3, -0.25) is 0 Å². The Hall–Kier alpha value is -0.630. The van der Waals surface area contributed by atoms with Crippen molar-refractivity contribution in [2.45, 2.75) is 44.9 Å². The third kappa shape index (κ3) is 1.38. The summed E-state index contributed by atoms with van der Waals surface area (Å²) in [6.07, 6.45) is 0. The van der Waals surface area contributed by atoms with E-state index in [1.54, 1.807) is 0 Å². The first-order valence-corrected chi connectivity index (χ1v) is 6.31. The van der Waals surface area contributed by atoms with Crippen molar-refractivity contribution in [3.05, 3.63) is 22.3 Å². The van der Waals surface area contributed by atoms with E-state index in [-0.39, 0.29) is 5.41 Å². The fourth-order valence-electron chi connectivity index (χ4n) is 2.43. The number of thioether (sulfide) groups is 1. The lowest BCUT2D eigenvalue weighted by molar-refractivity contribution is 0.460. The van der Waals surface area contributed by atoms with Crippen LogP contribution in [-0.4, -0.2) is 10.9 Å². The van der Waals surface area contributed by atoms with Gasteiger partial charge in [-0.05, 0) is 43.0 Å². The second-order valence-electron chi connectivity index (χ2n) is 5.10.